The van der Waals surface area contributed by atoms with Crippen LogP contribution in [0, 0.1) is 11.6 Å². The number of likely N-dealkylation sites (tertiary alicyclic amines) is 1. The molecule has 0 bridgehead atoms. The standard InChI is InChI=1S/C27H30F2N4O/c1-31-11-5-12-32(15-14-31)18-20-6-4-13-33(20)27(34)22-17-26(19-9-10-23(28)24(29)16-19)30-25-8-3-2-7-21(22)25/h2-3,7-10,16-17,20H,4-6,11-15,18H2,1H3. The molecule has 0 radical (unpaired) electrons. The maximum Gasteiger partial charge on any atom is 0.254 e. The van der Waals surface area contributed by atoms with Crippen molar-refractivity contribution in [1.29, 1.82) is 0 Å². The van der Waals surface area contributed by atoms with Gasteiger partial charge in [0.05, 0.1) is 16.8 Å². The average Bonchev–Trinajstić information content (AvgIpc) is 3.21. The summed E-state index contributed by atoms with van der Waals surface area (Å²) in [4.78, 5) is 25.4. The number of aromatic nitrogens is 1. The fraction of sp³-hybridized carbons (Fsp3) is 0.407. The Kier molecular flexibility index (Phi) is 6.57. The van der Waals surface area contributed by atoms with Crippen LogP contribution in [0.2, 0.25) is 0 Å². The summed E-state index contributed by atoms with van der Waals surface area (Å²) < 4.78 is 27.4. The molecule has 3 heterocycles. The highest BCUT2D eigenvalue weighted by Crippen LogP contribution is 2.29. The number of nitrogens with zero attached hydrogens (tertiary/aromatic N) is 4. The molecule has 2 aromatic carbocycles. The topological polar surface area (TPSA) is 39.7 Å². The number of carbonyl (C=O) groups is 1. The number of carbonyl (C=O) groups excluding carboxylic acids is 1. The molecule has 2 aliphatic heterocycles. The molecule has 1 amide bonds. The largest absolute Gasteiger partial charge is 0.334 e. The summed E-state index contributed by atoms with van der Waals surface area (Å²) in [5, 5.41) is 0.779. The molecular formula is C27H30F2N4O. The number of rotatable bonds is 4. The van der Waals surface area contributed by atoms with Gasteiger partial charge in [-0.3, -0.25) is 9.69 Å². The van der Waals surface area contributed by atoms with Gasteiger partial charge in [0.1, 0.15) is 0 Å². The number of hydrogen-bond donors (Lipinski definition) is 0. The molecule has 0 N–H and O–H groups in total. The van der Waals surface area contributed by atoms with Gasteiger partial charge >= 0.3 is 0 Å². The van der Waals surface area contributed by atoms with Gasteiger partial charge < -0.3 is 9.80 Å². The maximum atomic E-state index is 13.9. The van der Waals surface area contributed by atoms with E-state index in [0.29, 0.717) is 22.3 Å². The minimum Gasteiger partial charge on any atom is -0.334 e. The lowest BCUT2D eigenvalue weighted by Crippen LogP contribution is -2.44. The summed E-state index contributed by atoms with van der Waals surface area (Å²) in [6.07, 6.45) is 3.13. The summed E-state index contributed by atoms with van der Waals surface area (Å²) in [7, 11) is 2.16. The molecule has 0 saturated carbocycles. The second-order valence-electron chi connectivity index (χ2n) is 9.45. The van der Waals surface area contributed by atoms with Crippen molar-refractivity contribution in [2.24, 2.45) is 0 Å². The van der Waals surface area contributed by atoms with E-state index in [-0.39, 0.29) is 11.9 Å². The molecule has 3 aromatic rings. The van der Waals surface area contributed by atoms with Gasteiger partial charge in [-0.2, -0.15) is 0 Å². The minimum atomic E-state index is -0.928. The van der Waals surface area contributed by atoms with E-state index in [1.807, 2.05) is 29.2 Å². The highest BCUT2D eigenvalue weighted by Gasteiger charge is 2.32. The normalized spacial score (nSPS) is 20.1. The monoisotopic (exact) mass is 464 g/mol. The zero-order valence-corrected chi connectivity index (χ0v) is 19.5. The summed E-state index contributed by atoms with van der Waals surface area (Å²) >= 11 is 0. The average molecular weight is 465 g/mol. The summed E-state index contributed by atoms with van der Waals surface area (Å²) in [6.45, 7) is 5.86. The number of hydrogen-bond acceptors (Lipinski definition) is 4. The molecule has 1 aromatic heterocycles. The maximum absolute atomic E-state index is 13.9. The van der Waals surface area contributed by atoms with E-state index in [2.05, 4.69) is 21.8 Å². The van der Waals surface area contributed by atoms with Crippen LogP contribution in [0.5, 0.6) is 0 Å². The van der Waals surface area contributed by atoms with Crippen molar-refractivity contribution in [2.45, 2.75) is 25.3 Å². The molecule has 34 heavy (non-hydrogen) atoms. The van der Waals surface area contributed by atoms with Crippen LogP contribution in [0.15, 0.2) is 48.5 Å². The predicted molar refractivity (Wildman–Crippen MR) is 130 cm³/mol. The van der Waals surface area contributed by atoms with Crippen molar-refractivity contribution >= 4 is 16.8 Å². The Morgan fingerprint density at radius 2 is 1.82 bits per heavy atom. The fourth-order valence-electron chi connectivity index (χ4n) is 5.18. The second-order valence-corrected chi connectivity index (χ2v) is 9.45. The lowest BCUT2D eigenvalue weighted by atomic mass is 10.0. The van der Waals surface area contributed by atoms with Crippen LogP contribution in [-0.4, -0.2) is 77.9 Å². The van der Waals surface area contributed by atoms with Crippen LogP contribution in [0.3, 0.4) is 0 Å². The van der Waals surface area contributed by atoms with Gasteiger partial charge in [-0.25, -0.2) is 13.8 Å². The van der Waals surface area contributed by atoms with E-state index in [1.165, 1.54) is 6.07 Å². The van der Waals surface area contributed by atoms with Crippen LogP contribution in [0.25, 0.3) is 22.2 Å². The van der Waals surface area contributed by atoms with Gasteiger partial charge in [0, 0.05) is 43.2 Å². The van der Waals surface area contributed by atoms with Gasteiger partial charge in [-0.1, -0.05) is 18.2 Å². The molecule has 0 aliphatic carbocycles. The van der Waals surface area contributed by atoms with Crippen molar-refractivity contribution < 1.29 is 13.6 Å². The van der Waals surface area contributed by atoms with Crippen molar-refractivity contribution in [3.63, 3.8) is 0 Å². The van der Waals surface area contributed by atoms with E-state index in [9.17, 15) is 13.6 Å². The third-order valence-corrected chi connectivity index (χ3v) is 7.08. The van der Waals surface area contributed by atoms with E-state index in [1.54, 1.807) is 6.07 Å². The molecule has 2 fully saturated rings. The lowest BCUT2D eigenvalue weighted by molar-refractivity contribution is 0.0703. The molecule has 1 unspecified atom stereocenters. The van der Waals surface area contributed by atoms with E-state index < -0.39 is 11.6 Å². The van der Waals surface area contributed by atoms with Crippen LogP contribution >= 0.6 is 0 Å². The first-order chi connectivity index (χ1) is 16.5. The van der Waals surface area contributed by atoms with Crippen molar-refractivity contribution in [3.05, 3.63) is 65.7 Å². The smallest absolute Gasteiger partial charge is 0.254 e. The van der Waals surface area contributed by atoms with E-state index >= 15 is 0 Å². The molecule has 5 rings (SSSR count). The van der Waals surface area contributed by atoms with Crippen molar-refractivity contribution in [1.82, 2.24) is 19.7 Å². The Morgan fingerprint density at radius 1 is 0.971 bits per heavy atom. The highest BCUT2D eigenvalue weighted by molar-refractivity contribution is 6.07. The van der Waals surface area contributed by atoms with Gasteiger partial charge in [0.25, 0.3) is 5.91 Å². The molecule has 1 atom stereocenters. The van der Waals surface area contributed by atoms with E-state index in [0.717, 1.165) is 76.0 Å². The van der Waals surface area contributed by atoms with Gasteiger partial charge in [-0.15, -0.1) is 0 Å². The summed E-state index contributed by atoms with van der Waals surface area (Å²) in [6, 6.07) is 13.2. The number of amides is 1. The first-order valence-electron chi connectivity index (χ1n) is 12.1. The third-order valence-electron chi connectivity index (χ3n) is 7.08. The third kappa shape index (κ3) is 4.68. The molecule has 5 nitrogen and oxygen atoms in total. The predicted octanol–water partition coefficient (Wildman–Crippen LogP) is 4.42. The number of pyridine rings is 1. The van der Waals surface area contributed by atoms with Crippen molar-refractivity contribution in [3.8, 4) is 11.3 Å². The van der Waals surface area contributed by atoms with Crippen LogP contribution < -0.4 is 0 Å². The molecule has 178 valence electrons. The molecule has 0 spiro atoms. The zero-order chi connectivity index (χ0) is 23.7. The Morgan fingerprint density at radius 3 is 2.68 bits per heavy atom. The molecular weight excluding hydrogens is 434 g/mol. The first kappa shape index (κ1) is 22.9. The Hall–Kier alpha value is -2.90. The van der Waals surface area contributed by atoms with Crippen molar-refractivity contribution in [2.75, 3.05) is 46.3 Å². The number of para-hydroxylation sites is 1. The van der Waals surface area contributed by atoms with Crippen LogP contribution in [-0.2, 0) is 0 Å². The van der Waals surface area contributed by atoms with Crippen LogP contribution in [0.4, 0.5) is 8.78 Å². The number of likely N-dealkylation sites (N-methyl/N-ethyl adjacent to an activating group) is 1. The highest BCUT2D eigenvalue weighted by atomic mass is 19.2. The van der Waals surface area contributed by atoms with Gasteiger partial charge in [0.2, 0.25) is 0 Å². The fourth-order valence-corrected chi connectivity index (χ4v) is 5.18. The number of fused-ring (bicyclic) bond motifs is 1. The quantitative estimate of drug-likeness (QED) is 0.573. The summed E-state index contributed by atoms with van der Waals surface area (Å²) in [5.41, 5.74) is 2.14. The molecule has 7 heteroatoms. The zero-order valence-electron chi connectivity index (χ0n) is 19.5. The van der Waals surface area contributed by atoms with Gasteiger partial charge in [0.15, 0.2) is 11.6 Å². The summed E-state index contributed by atoms with van der Waals surface area (Å²) in [5.74, 6) is -1.85. The second kappa shape index (κ2) is 9.76. The minimum absolute atomic E-state index is 0.0168. The Balaban J connectivity index is 1.46. The van der Waals surface area contributed by atoms with Crippen LogP contribution in [0.1, 0.15) is 29.6 Å². The molecule has 2 saturated heterocycles. The van der Waals surface area contributed by atoms with Gasteiger partial charge in [-0.05, 0) is 69.7 Å². The lowest BCUT2D eigenvalue weighted by Gasteiger charge is -2.30. The SMILES string of the molecule is CN1CCCN(CC2CCCN2C(=O)c2cc(-c3ccc(F)c(F)c3)nc3ccccc23)CC1. The first-order valence-corrected chi connectivity index (χ1v) is 12.1. The van der Waals surface area contributed by atoms with E-state index in [4.69, 9.17) is 0 Å². The Bertz CT molecular complexity index is 1200. The number of halogens is 2. The Labute approximate surface area is 199 Å². The number of benzene rings is 2. The molecule has 2 aliphatic rings.